The summed E-state index contributed by atoms with van der Waals surface area (Å²) in [7, 11) is 0. The second-order valence-electron chi connectivity index (χ2n) is 24.1. The van der Waals surface area contributed by atoms with E-state index in [1.54, 1.807) is 36.4 Å². The number of thioether (sulfide) groups is 2. The lowest BCUT2D eigenvalue weighted by atomic mass is 9.98. The molecule has 0 bridgehead atoms. The first kappa shape index (κ1) is 68.8. The lowest BCUT2D eigenvalue weighted by molar-refractivity contribution is -0.112. The summed E-state index contributed by atoms with van der Waals surface area (Å²) >= 11 is 2.78. The zero-order valence-electron chi connectivity index (χ0n) is 53.8. The number of carbonyl (C=O) groups excluding carboxylic acids is 4. The number of esters is 2. The molecule has 0 saturated heterocycles. The van der Waals surface area contributed by atoms with Crippen LogP contribution in [-0.2, 0) is 9.59 Å². The van der Waals surface area contributed by atoms with Gasteiger partial charge < -0.3 is 18.9 Å². The smallest absolute Gasteiger partial charge is 0.343 e. The van der Waals surface area contributed by atoms with Gasteiger partial charge >= 0.3 is 11.9 Å². The monoisotopic (exact) mass is 1250 g/mol. The molecular weight excluding hydrogens is 1150 g/mol. The van der Waals surface area contributed by atoms with Crippen LogP contribution in [0.25, 0.3) is 43.8 Å². The zero-order valence-corrected chi connectivity index (χ0v) is 55.4. The van der Waals surface area contributed by atoms with Crippen LogP contribution in [0, 0.1) is 0 Å². The fraction of sp³-hybridized carbons (Fsp3) is 0.400. The van der Waals surface area contributed by atoms with Crippen molar-refractivity contribution in [3.05, 3.63) is 192 Å². The molecule has 0 heterocycles. The van der Waals surface area contributed by atoms with Gasteiger partial charge in [-0.25, -0.2) is 9.59 Å². The van der Waals surface area contributed by atoms with Crippen molar-refractivity contribution in [3.63, 3.8) is 0 Å². The normalized spacial score (nSPS) is 12.0. The van der Waals surface area contributed by atoms with Crippen LogP contribution in [0.15, 0.2) is 170 Å². The number of unbranched alkanes of at least 4 members (excludes halogenated alkanes) is 19. The van der Waals surface area contributed by atoms with Crippen LogP contribution in [0.4, 0.5) is 0 Å². The van der Waals surface area contributed by atoms with Gasteiger partial charge in [-0.3, -0.25) is 9.59 Å². The lowest BCUT2D eigenvalue weighted by Crippen LogP contribution is -2.08. The highest BCUT2D eigenvalue weighted by Crippen LogP contribution is 2.33. The highest BCUT2D eigenvalue weighted by Gasteiger charge is 2.19. The summed E-state index contributed by atoms with van der Waals surface area (Å²) < 4.78 is 23.6. The number of hydrogen-bond acceptors (Lipinski definition) is 10. The Kier molecular flexibility index (Phi) is 28.9. The second-order valence-corrected chi connectivity index (χ2v) is 26.3. The molecule has 8 nitrogen and oxygen atoms in total. The van der Waals surface area contributed by atoms with Crippen LogP contribution in [-0.4, -0.2) is 46.9 Å². The standard InChI is InChI=1S/C80H94O8S2/c1-5-7-9-11-13-15-17-19-23-51-85-73-45-39-63(40-46-73)61-27-31-65(32-28-61)77(81)87-75-49-43-69-55-67(35-37-71(69)57-75)59(3)79(83)89-53-25-21-22-26-54-90-80(84)60(4)68-36-38-72-58-76(50-44-70(72)56-68)88-78(82)66-33-29-62(30-34-66)64-41-47-74(48-42-64)86-52-24-20-18-16-14-12-10-8-6-2/h27-50,55-60H,5-26,51-54H2,1-4H3. The van der Waals surface area contributed by atoms with Gasteiger partial charge in [0.25, 0.3) is 0 Å². The van der Waals surface area contributed by atoms with Gasteiger partial charge in [0, 0.05) is 11.5 Å². The van der Waals surface area contributed by atoms with Crippen molar-refractivity contribution >= 4 is 67.2 Å². The van der Waals surface area contributed by atoms with E-state index in [2.05, 4.69) is 38.1 Å². The molecule has 0 aliphatic heterocycles. The summed E-state index contributed by atoms with van der Waals surface area (Å²) in [4.78, 5) is 53.0. The van der Waals surface area contributed by atoms with E-state index in [4.69, 9.17) is 18.9 Å². The molecule has 474 valence electrons. The van der Waals surface area contributed by atoms with Crippen molar-refractivity contribution < 1.29 is 38.1 Å². The van der Waals surface area contributed by atoms with Crippen LogP contribution in [0.3, 0.4) is 0 Å². The summed E-state index contributed by atoms with van der Waals surface area (Å²) in [5.41, 5.74) is 6.96. The Morgan fingerprint density at radius 2 is 0.611 bits per heavy atom. The molecular formula is C80H94O8S2. The van der Waals surface area contributed by atoms with Gasteiger partial charge in [0.05, 0.1) is 36.2 Å². The van der Waals surface area contributed by atoms with Crippen molar-refractivity contribution in [3.8, 4) is 45.3 Å². The predicted octanol–water partition coefficient (Wildman–Crippen LogP) is 22.6. The van der Waals surface area contributed by atoms with Crippen LogP contribution >= 0.6 is 23.5 Å². The van der Waals surface area contributed by atoms with Crippen molar-refractivity contribution in [1.29, 1.82) is 0 Å². The molecule has 10 heteroatoms. The van der Waals surface area contributed by atoms with E-state index < -0.39 is 11.9 Å². The highest BCUT2D eigenvalue weighted by molar-refractivity contribution is 8.14. The van der Waals surface area contributed by atoms with Gasteiger partial charge in [-0.2, -0.15) is 0 Å². The predicted molar refractivity (Wildman–Crippen MR) is 377 cm³/mol. The van der Waals surface area contributed by atoms with E-state index >= 15 is 0 Å². The minimum Gasteiger partial charge on any atom is -0.494 e. The molecule has 0 radical (unpaired) electrons. The molecule has 0 amide bonds. The minimum atomic E-state index is -0.423. The van der Waals surface area contributed by atoms with Crippen LogP contribution in [0.1, 0.15) is 213 Å². The first-order chi connectivity index (χ1) is 44.0. The second kappa shape index (κ2) is 37.9. The van der Waals surface area contributed by atoms with Crippen molar-refractivity contribution in [2.75, 3.05) is 24.7 Å². The van der Waals surface area contributed by atoms with Gasteiger partial charge in [-0.15, -0.1) is 0 Å². The minimum absolute atomic E-state index is 0.143. The maximum Gasteiger partial charge on any atom is 0.343 e. The fourth-order valence-electron chi connectivity index (χ4n) is 11.2. The third kappa shape index (κ3) is 22.4. The SMILES string of the molecule is CCCCCCCCCCCOc1ccc(-c2ccc(C(=O)Oc3ccc4cc(C(C)C(=O)SCCCCCCSC(=O)C(C)c5ccc6cc(OC(=O)c7ccc(-c8ccc(OCCCCCCCCCCC)cc8)cc7)ccc6c5)ccc4c3)cc2)cc1. The Morgan fingerprint density at radius 3 is 0.967 bits per heavy atom. The molecule has 0 aromatic heterocycles. The van der Waals surface area contributed by atoms with Gasteiger partial charge in [0.2, 0.25) is 0 Å². The highest BCUT2D eigenvalue weighted by atomic mass is 32.2. The fourth-order valence-corrected chi connectivity index (χ4v) is 13.1. The maximum absolute atomic E-state index is 13.3. The summed E-state index contributed by atoms with van der Waals surface area (Å²) in [6, 6.07) is 54.4. The van der Waals surface area contributed by atoms with Crippen molar-refractivity contribution in [2.24, 2.45) is 0 Å². The summed E-state index contributed by atoms with van der Waals surface area (Å²) in [5.74, 6) is 2.81. The average molecular weight is 1250 g/mol. The topological polar surface area (TPSA) is 105 Å². The largest absolute Gasteiger partial charge is 0.494 e. The van der Waals surface area contributed by atoms with E-state index in [9.17, 15) is 19.2 Å². The molecule has 8 aromatic rings. The number of rotatable bonds is 39. The quantitative estimate of drug-likeness (QED) is 0.0210. The summed E-state index contributed by atoms with van der Waals surface area (Å²) in [6.45, 7) is 9.90. The molecule has 0 aliphatic rings. The Morgan fingerprint density at radius 1 is 0.322 bits per heavy atom. The number of hydrogen-bond donors (Lipinski definition) is 0. The number of fused-ring (bicyclic) bond motifs is 2. The molecule has 0 N–H and O–H groups in total. The van der Waals surface area contributed by atoms with Gasteiger partial charge in [-0.05, 0) is 153 Å². The molecule has 2 unspecified atom stereocenters. The van der Waals surface area contributed by atoms with E-state index in [1.165, 1.54) is 126 Å². The summed E-state index contributed by atoms with van der Waals surface area (Å²) in [5, 5.41) is 4.08. The van der Waals surface area contributed by atoms with Crippen LogP contribution in [0.5, 0.6) is 23.0 Å². The third-order valence-corrected chi connectivity index (χ3v) is 19.2. The Labute approximate surface area is 545 Å². The number of ether oxygens (including phenoxy) is 4. The summed E-state index contributed by atoms with van der Waals surface area (Å²) in [6.07, 6.45) is 27.1. The van der Waals surface area contributed by atoms with Crippen molar-refractivity contribution in [1.82, 2.24) is 0 Å². The Bertz CT molecular complexity index is 3250. The number of benzene rings is 8. The molecule has 90 heavy (non-hydrogen) atoms. The molecule has 2 atom stereocenters. The van der Waals surface area contributed by atoms with Gasteiger partial charge in [0.15, 0.2) is 10.2 Å². The first-order valence-corrected chi connectivity index (χ1v) is 35.5. The maximum atomic E-state index is 13.3. The lowest BCUT2D eigenvalue weighted by Gasteiger charge is -2.13. The average Bonchev–Trinajstić information content (AvgIpc) is 1.25. The van der Waals surface area contributed by atoms with Gasteiger partial charge in [0.1, 0.15) is 23.0 Å². The zero-order chi connectivity index (χ0) is 63.1. The molecule has 0 saturated carbocycles. The molecule has 0 aliphatic carbocycles. The number of carbonyl (C=O) groups is 4. The third-order valence-electron chi connectivity index (χ3n) is 17.0. The first-order valence-electron chi connectivity index (χ1n) is 33.6. The molecule has 8 aromatic carbocycles. The molecule has 0 spiro atoms. The van der Waals surface area contributed by atoms with E-state index in [-0.39, 0.29) is 22.1 Å². The van der Waals surface area contributed by atoms with E-state index in [0.29, 0.717) is 22.6 Å². The molecule has 8 rings (SSSR count). The molecule has 0 fully saturated rings. The van der Waals surface area contributed by atoms with Gasteiger partial charge in [-0.1, -0.05) is 264 Å². The van der Waals surface area contributed by atoms with Crippen molar-refractivity contribution in [2.45, 2.75) is 181 Å². The van der Waals surface area contributed by atoms with E-state index in [0.717, 1.165) is 130 Å². The van der Waals surface area contributed by atoms with Crippen LogP contribution < -0.4 is 18.9 Å². The van der Waals surface area contributed by atoms with E-state index in [1.807, 2.05) is 123 Å². The Balaban J connectivity index is 0.674. The Hall–Kier alpha value is -7.14. The van der Waals surface area contributed by atoms with Crippen LogP contribution in [0.2, 0.25) is 0 Å².